The van der Waals surface area contributed by atoms with Gasteiger partial charge in [0.2, 0.25) is 0 Å². The summed E-state index contributed by atoms with van der Waals surface area (Å²) in [4.78, 5) is 17.8. The number of benzene rings is 2. The van der Waals surface area contributed by atoms with Gasteiger partial charge in [0.15, 0.2) is 0 Å². The quantitative estimate of drug-likeness (QED) is 0.281. The molecule has 10 heteroatoms. The van der Waals surface area contributed by atoms with E-state index in [4.69, 9.17) is 20.3 Å². The molecule has 2 rings (SSSR count). The van der Waals surface area contributed by atoms with Gasteiger partial charge in [0, 0.05) is 5.54 Å². The molecule has 0 aromatic heterocycles. The monoisotopic (exact) mass is 489 g/mol. The van der Waals surface area contributed by atoms with Gasteiger partial charge in [-0.15, -0.1) is 0 Å². The highest BCUT2D eigenvalue weighted by Gasteiger charge is 2.35. The van der Waals surface area contributed by atoms with Crippen LogP contribution < -0.4 is 10.5 Å². The average molecular weight is 489 g/mol. The summed E-state index contributed by atoms with van der Waals surface area (Å²) in [5, 5.41) is 0. The summed E-state index contributed by atoms with van der Waals surface area (Å²) < 4.78 is 61.8. The molecule has 1 atom stereocenters. The highest BCUT2D eigenvalue weighted by Crippen LogP contribution is 2.39. The normalized spacial score (nSPS) is 14.2. The predicted octanol–water partition coefficient (Wildman–Crippen LogP) is 5.17. The van der Waals surface area contributed by atoms with Crippen molar-refractivity contribution in [2.24, 2.45) is 5.73 Å². The van der Waals surface area contributed by atoms with Crippen LogP contribution in [0.25, 0.3) is 0 Å². The second-order valence-electron chi connectivity index (χ2n) is 8.25. The predicted molar refractivity (Wildman–Crippen MR) is 120 cm³/mol. The molecule has 0 aliphatic heterocycles. The minimum absolute atomic E-state index is 0.151. The molecule has 0 saturated carbocycles. The molecule has 0 spiro atoms. The third-order valence-corrected chi connectivity index (χ3v) is 5.90. The number of ether oxygens (including phenoxy) is 1. The van der Waals surface area contributed by atoms with Gasteiger partial charge >= 0.3 is 14.0 Å². The van der Waals surface area contributed by atoms with Crippen LogP contribution >= 0.6 is 7.82 Å². The van der Waals surface area contributed by atoms with Crippen molar-refractivity contribution in [3.8, 4) is 5.75 Å². The van der Waals surface area contributed by atoms with Crippen LogP contribution in [-0.4, -0.2) is 28.5 Å². The number of aryl methyl sites for hydroxylation is 3. The number of hydrogen-bond acceptors (Lipinski definition) is 4. The van der Waals surface area contributed by atoms with Crippen molar-refractivity contribution in [3.63, 3.8) is 0 Å². The standard InChI is InChI=1S/C23H31F3NO5P/c1-3-22(27,16-32-33(28,29)30)12-11-19-9-10-21(20(15-19)23(24,25)26)31-13-5-8-18-7-4-6-17(2)14-18/h4,6-7,9-10,14-15H,3,5,8,11-13,16,27H2,1-2H3,(H2,28,29,30). The number of phosphoric ester groups is 1. The molecule has 0 aliphatic carbocycles. The molecule has 1 unspecified atom stereocenters. The van der Waals surface area contributed by atoms with E-state index in [0.29, 0.717) is 24.8 Å². The summed E-state index contributed by atoms with van der Waals surface area (Å²) >= 11 is 0. The number of phosphoric acid groups is 1. The molecule has 0 heterocycles. The second-order valence-corrected chi connectivity index (χ2v) is 9.49. The molecule has 2 aromatic carbocycles. The summed E-state index contributed by atoms with van der Waals surface area (Å²) in [6.07, 6.45) is -2.60. The van der Waals surface area contributed by atoms with Crippen LogP contribution in [0.4, 0.5) is 13.2 Å². The summed E-state index contributed by atoms with van der Waals surface area (Å²) in [6, 6.07) is 11.8. The van der Waals surface area contributed by atoms with Crippen molar-refractivity contribution in [1.29, 1.82) is 0 Å². The Kier molecular flexibility index (Phi) is 9.52. The largest absolute Gasteiger partial charge is 0.493 e. The van der Waals surface area contributed by atoms with Gasteiger partial charge in [0.05, 0.1) is 18.8 Å². The first-order valence-electron chi connectivity index (χ1n) is 10.7. The Bertz CT molecular complexity index is 963. The Morgan fingerprint density at radius 2 is 1.76 bits per heavy atom. The maximum absolute atomic E-state index is 13.6. The van der Waals surface area contributed by atoms with E-state index in [1.165, 1.54) is 6.07 Å². The van der Waals surface area contributed by atoms with Crippen molar-refractivity contribution in [2.45, 2.75) is 57.7 Å². The highest BCUT2D eigenvalue weighted by molar-refractivity contribution is 7.46. The van der Waals surface area contributed by atoms with Crippen LogP contribution in [0.5, 0.6) is 5.75 Å². The molecule has 184 valence electrons. The van der Waals surface area contributed by atoms with Crippen molar-refractivity contribution < 1.29 is 36.8 Å². The molecular formula is C23H31F3NO5P. The van der Waals surface area contributed by atoms with E-state index in [1.54, 1.807) is 13.0 Å². The fraction of sp³-hybridized carbons (Fsp3) is 0.478. The topological polar surface area (TPSA) is 102 Å². The molecule has 33 heavy (non-hydrogen) atoms. The Labute approximate surface area is 192 Å². The first kappa shape index (κ1) is 27.3. The summed E-state index contributed by atoms with van der Waals surface area (Å²) in [5.41, 5.74) is 6.82. The Morgan fingerprint density at radius 1 is 1.06 bits per heavy atom. The molecule has 2 aromatic rings. The summed E-state index contributed by atoms with van der Waals surface area (Å²) in [7, 11) is -4.69. The summed E-state index contributed by atoms with van der Waals surface area (Å²) in [5.74, 6) is -0.227. The number of halogens is 3. The van der Waals surface area contributed by atoms with E-state index in [2.05, 4.69) is 4.52 Å². The zero-order chi connectivity index (χ0) is 24.7. The first-order chi connectivity index (χ1) is 15.3. The lowest BCUT2D eigenvalue weighted by molar-refractivity contribution is -0.139. The highest BCUT2D eigenvalue weighted by atomic mass is 31.2. The lowest BCUT2D eigenvalue weighted by Gasteiger charge is -2.28. The average Bonchev–Trinajstić information content (AvgIpc) is 2.73. The van der Waals surface area contributed by atoms with Gasteiger partial charge in [-0.05, 0) is 62.3 Å². The maximum Gasteiger partial charge on any atom is 0.469 e. The van der Waals surface area contributed by atoms with E-state index in [-0.39, 0.29) is 25.2 Å². The lowest BCUT2D eigenvalue weighted by atomic mass is 9.90. The van der Waals surface area contributed by atoms with Crippen LogP contribution in [0.2, 0.25) is 0 Å². The Balaban J connectivity index is 2.02. The van der Waals surface area contributed by atoms with Crippen molar-refractivity contribution in [2.75, 3.05) is 13.2 Å². The van der Waals surface area contributed by atoms with E-state index in [1.807, 2.05) is 31.2 Å². The van der Waals surface area contributed by atoms with Crippen molar-refractivity contribution >= 4 is 7.82 Å². The van der Waals surface area contributed by atoms with Crippen LogP contribution in [0.1, 0.15) is 48.4 Å². The minimum atomic E-state index is -4.69. The van der Waals surface area contributed by atoms with Gasteiger partial charge in [-0.25, -0.2) is 4.57 Å². The second kappa shape index (κ2) is 11.5. The molecule has 6 nitrogen and oxygen atoms in total. The molecular weight excluding hydrogens is 458 g/mol. The molecule has 4 N–H and O–H groups in total. The van der Waals surface area contributed by atoms with Crippen LogP contribution in [0, 0.1) is 6.92 Å². The van der Waals surface area contributed by atoms with Crippen molar-refractivity contribution in [3.05, 3.63) is 64.7 Å². The fourth-order valence-electron chi connectivity index (χ4n) is 3.36. The molecule has 0 saturated heterocycles. The van der Waals surface area contributed by atoms with Gasteiger partial charge in [0.1, 0.15) is 5.75 Å². The number of nitrogens with two attached hydrogens (primary N) is 1. The molecule has 0 aliphatic rings. The van der Waals surface area contributed by atoms with E-state index in [0.717, 1.165) is 17.2 Å². The summed E-state index contributed by atoms with van der Waals surface area (Å²) in [6.45, 7) is 3.45. The zero-order valence-corrected chi connectivity index (χ0v) is 19.7. The van der Waals surface area contributed by atoms with Gasteiger partial charge in [-0.3, -0.25) is 4.52 Å². The third-order valence-electron chi connectivity index (χ3n) is 5.44. The van der Waals surface area contributed by atoms with E-state index >= 15 is 0 Å². The molecule has 0 radical (unpaired) electrons. The van der Waals surface area contributed by atoms with E-state index < -0.39 is 31.7 Å². The van der Waals surface area contributed by atoms with Crippen LogP contribution in [-0.2, 0) is 28.1 Å². The number of rotatable bonds is 12. The van der Waals surface area contributed by atoms with Gasteiger partial charge < -0.3 is 20.3 Å². The molecule has 0 bridgehead atoms. The van der Waals surface area contributed by atoms with Gasteiger partial charge in [-0.1, -0.05) is 42.8 Å². The minimum Gasteiger partial charge on any atom is -0.493 e. The first-order valence-corrected chi connectivity index (χ1v) is 12.2. The lowest BCUT2D eigenvalue weighted by Crippen LogP contribution is -2.44. The third kappa shape index (κ3) is 9.47. The van der Waals surface area contributed by atoms with Crippen LogP contribution in [0.15, 0.2) is 42.5 Å². The molecule has 0 fully saturated rings. The fourth-order valence-corrected chi connectivity index (χ4v) is 3.79. The smallest absolute Gasteiger partial charge is 0.469 e. The Hall–Kier alpha value is -1.90. The maximum atomic E-state index is 13.6. The number of alkyl halides is 3. The van der Waals surface area contributed by atoms with Gasteiger partial charge in [0.25, 0.3) is 0 Å². The number of hydrogen-bond donors (Lipinski definition) is 3. The van der Waals surface area contributed by atoms with E-state index in [9.17, 15) is 17.7 Å². The molecule has 0 amide bonds. The zero-order valence-electron chi connectivity index (χ0n) is 18.8. The van der Waals surface area contributed by atoms with Gasteiger partial charge in [-0.2, -0.15) is 13.2 Å². The SMILES string of the molecule is CCC(N)(CCc1ccc(OCCCc2cccc(C)c2)c(C(F)(F)F)c1)COP(=O)(O)O. The van der Waals surface area contributed by atoms with Crippen LogP contribution in [0.3, 0.4) is 0 Å². The Morgan fingerprint density at radius 3 is 2.36 bits per heavy atom. The van der Waals surface area contributed by atoms with Crippen molar-refractivity contribution in [1.82, 2.24) is 0 Å².